The number of nitrogens with zero attached hydrogens (tertiary/aromatic N) is 5. The van der Waals surface area contributed by atoms with E-state index < -0.39 is 0 Å². The van der Waals surface area contributed by atoms with Crippen LogP contribution >= 0.6 is 0 Å². The van der Waals surface area contributed by atoms with Crippen LogP contribution in [0, 0.1) is 0 Å². The molecule has 2 aromatic heterocycles. The number of aromatic nitrogens is 4. The first-order chi connectivity index (χ1) is 12.3. The SMILES string of the molecule is COCCC(=O)N1CCC[C@@H](OCc2nc(-c3cnccn3)no2)C1. The third-order valence-electron chi connectivity index (χ3n) is 3.95. The van der Waals surface area contributed by atoms with Crippen LogP contribution < -0.4 is 0 Å². The van der Waals surface area contributed by atoms with E-state index in [4.69, 9.17) is 14.0 Å². The predicted molar refractivity (Wildman–Crippen MR) is 86.2 cm³/mol. The molecule has 1 fully saturated rings. The molecule has 0 aliphatic carbocycles. The van der Waals surface area contributed by atoms with Crippen molar-refractivity contribution in [3.8, 4) is 11.5 Å². The number of rotatable bonds is 7. The number of piperidine rings is 1. The molecule has 1 aliphatic rings. The molecule has 0 unspecified atom stereocenters. The Morgan fingerprint density at radius 2 is 2.36 bits per heavy atom. The van der Waals surface area contributed by atoms with Crippen LogP contribution in [0.4, 0.5) is 0 Å². The summed E-state index contributed by atoms with van der Waals surface area (Å²) in [4.78, 5) is 26.3. The summed E-state index contributed by atoms with van der Waals surface area (Å²) < 4.78 is 16.0. The molecule has 9 nitrogen and oxygen atoms in total. The van der Waals surface area contributed by atoms with E-state index in [0.29, 0.717) is 37.0 Å². The second-order valence-electron chi connectivity index (χ2n) is 5.76. The molecular weight excluding hydrogens is 326 g/mol. The largest absolute Gasteiger partial charge is 0.384 e. The molecule has 1 atom stereocenters. The number of hydrogen-bond donors (Lipinski definition) is 0. The number of likely N-dealkylation sites (tertiary alicyclic amines) is 1. The van der Waals surface area contributed by atoms with Gasteiger partial charge in [-0.25, -0.2) is 4.98 Å². The van der Waals surface area contributed by atoms with E-state index in [9.17, 15) is 4.79 Å². The van der Waals surface area contributed by atoms with Gasteiger partial charge < -0.3 is 18.9 Å². The zero-order valence-corrected chi connectivity index (χ0v) is 14.1. The smallest absolute Gasteiger partial charge is 0.253 e. The highest BCUT2D eigenvalue weighted by Crippen LogP contribution is 2.17. The minimum Gasteiger partial charge on any atom is -0.384 e. The molecule has 3 rings (SSSR count). The van der Waals surface area contributed by atoms with Crippen LogP contribution in [0.25, 0.3) is 11.5 Å². The topological polar surface area (TPSA) is 103 Å². The van der Waals surface area contributed by atoms with Crippen LogP contribution in [0.1, 0.15) is 25.2 Å². The Morgan fingerprint density at radius 1 is 1.44 bits per heavy atom. The molecule has 25 heavy (non-hydrogen) atoms. The van der Waals surface area contributed by atoms with Crippen molar-refractivity contribution in [1.29, 1.82) is 0 Å². The predicted octanol–water partition coefficient (Wildman–Crippen LogP) is 1.07. The summed E-state index contributed by atoms with van der Waals surface area (Å²) in [6, 6.07) is 0. The first-order valence-electron chi connectivity index (χ1n) is 8.23. The number of methoxy groups -OCH3 is 1. The van der Waals surface area contributed by atoms with Crippen molar-refractivity contribution < 1.29 is 18.8 Å². The van der Waals surface area contributed by atoms with Crippen LogP contribution in [0.3, 0.4) is 0 Å². The molecular formula is C16H21N5O4. The Balaban J connectivity index is 1.50. The van der Waals surface area contributed by atoms with Gasteiger partial charge in [-0.15, -0.1) is 0 Å². The summed E-state index contributed by atoms with van der Waals surface area (Å²) >= 11 is 0. The van der Waals surface area contributed by atoms with Gasteiger partial charge in [0.1, 0.15) is 12.3 Å². The van der Waals surface area contributed by atoms with Crippen molar-refractivity contribution in [2.75, 3.05) is 26.8 Å². The Labute approximate surface area is 145 Å². The summed E-state index contributed by atoms with van der Waals surface area (Å²) in [6.45, 7) is 1.99. The average molecular weight is 347 g/mol. The quantitative estimate of drug-likeness (QED) is 0.733. The van der Waals surface area contributed by atoms with E-state index in [-0.39, 0.29) is 18.6 Å². The van der Waals surface area contributed by atoms with Gasteiger partial charge in [0.05, 0.1) is 25.3 Å². The third-order valence-corrected chi connectivity index (χ3v) is 3.95. The summed E-state index contributed by atoms with van der Waals surface area (Å²) in [7, 11) is 1.59. The Kier molecular flexibility index (Phi) is 6.02. The molecule has 3 heterocycles. The normalized spacial score (nSPS) is 17.6. The highest BCUT2D eigenvalue weighted by atomic mass is 16.5. The fourth-order valence-electron chi connectivity index (χ4n) is 2.67. The van der Waals surface area contributed by atoms with Crippen LogP contribution in [-0.2, 0) is 20.9 Å². The fraction of sp³-hybridized carbons (Fsp3) is 0.562. The van der Waals surface area contributed by atoms with E-state index in [1.807, 2.05) is 4.90 Å². The van der Waals surface area contributed by atoms with E-state index in [2.05, 4.69) is 20.1 Å². The van der Waals surface area contributed by atoms with Gasteiger partial charge in [0.2, 0.25) is 11.7 Å². The standard InChI is InChI=1S/C16H21N5O4/c1-23-8-4-15(22)21-7-2-3-12(10-21)24-11-14-19-16(20-25-14)13-9-17-5-6-18-13/h5-6,9,12H,2-4,7-8,10-11H2,1H3/t12-/m1/s1. The van der Waals surface area contributed by atoms with Crippen molar-refractivity contribution in [2.45, 2.75) is 32.0 Å². The summed E-state index contributed by atoms with van der Waals surface area (Å²) in [6.07, 6.45) is 6.90. The van der Waals surface area contributed by atoms with Crippen molar-refractivity contribution >= 4 is 5.91 Å². The number of carbonyl (C=O) groups excluding carboxylic acids is 1. The van der Waals surface area contributed by atoms with Crippen molar-refractivity contribution in [1.82, 2.24) is 25.0 Å². The van der Waals surface area contributed by atoms with Crippen molar-refractivity contribution in [3.05, 3.63) is 24.5 Å². The molecule has 0 saturated carbocycles. The highest BCUT2D eigenvalue weighted by molar-refractivity contribution is 5.76. The van der Waals surface area contributed by atoms with Gasteiger partial charge in [0.25, 0.3) is 5.89 Å². The number of carbonyl (C=O) groups is 1. The van der Waals surface area contributed by atoms with Crippen molar-refractivity contribution in [2.24, 2.45) is 0 Å². The maximum Gasteiger partial charge on any atom is 0.253 e. The van der Waals surface area contributed by atoms with Gasteiger partial charge in [-0.2, -0.15) is 4.98 Å². The lowest BCUT2D eigenvalue weighted by Crippen LogP contribution is -2.43. The maximum absolute atomic E-state index is 12.1. The van der Waals surface area contributed by atoms with Gasteiger partial charge in [0.15, 0.2) is 0 Å². The van der Waals surface area contributed by atoms with Gasteiger partial charge in [0, 0.05) is 32.6 Å². The lowest BCUT2D eigenvalue weighted by Gasteiger charge is -2.32. The van der Waals surface area contributed by atoms with Gasteiger partial charge >= 0.3 is 0 Å². The van der Waals surface area contributed by atoms with E-state index >= 15 is 0 Å². The molecule has 134 valence electrons. The van der Waals surface area contributed by atoms with Gasteiger partial charge in [-0.1, -0.05) is 5.16 Å². The average Bonchev–Trinajstić information content (AvgIpc) is 3.14. The molecule has 0 bridgehead atoms. The molecule has 0 N–H and O–H groups in total. The molecule has 1 amide bonds. The maximum atomic E-state index is 12.1. The minimum atomic E-state index is -0.0351. The lowest BCUT2D eigenvalue weighted by atomic mass is 10.1. The molecule has 0 spiro atoms. The summed E-state index contributed by atoms with van der Waals surface area (Å²) in [5.41, 5.74) is 0.546. The zero-order valence-electron chi connectivity index (χ0n) is 14.1. The molecule has 1 aliphatic heterocycles. The number of amides is 1. The summed E-state index contributed by atoms with van der Waals surface area (Å²) in [5.74, 6) is 0.855. The van der Waals surface area contributed by atoms with Crippen LogP contribution in [0.5, 0.6) is 0 Å². The van der Waals surface area contributed by atoms with Crippen LogP contribution in [0.2, 0.25) is 0 Å². The first kappa shape index (κ1) is 17.4. The molecule has 2 aromatic rings. The van der Waals surface area contributed by atoms with E-state index in [0.717, 1.165) is 19.4 Å². The molecule has 1 saturated heterocycles. The lowest BCUT2D eigenvalue weighted by molar-refractivity contribution is -0.136. The zero-order chi connectivity index (χ0) is 17.5. The summed E-state index contributed by atoms with van der Waals surface area (Å²) in [5, 5.41) is 3.88. The van der Waals surface area contributed by atoms with Crippen LogP contribution in [0.15, 0.2) is 23.1 Å². The number of hydrogen-bond acceptors (Lipinski definition) is 8. The monoisotopic (exact) mass is 347 g/mol. The second-order valence-corrected chi connectivity index (χ2v) is 5.76. The first-order valence-corrected chi connectivity index (χ1v) is 8.23. The van der Waals surface area contributed by atoms with Gasteiger partial charge in [-0.05, 0) is 12.8 Å². The van der Waals surface area contributed by atoms with Crippen LogP contribution in [-0.4, -0.2) is 63.8 Å². The Bertz CT molecular complexity index is 678. The molecule has 9 heteroatoms. The Hall–Kier alpha value is -2.39. The third kappa shape index (κ3) is 4.80. The minimum absolute atomic E-state index is 0.0351. The van der Waals surface area contributed by atoms with Gasteiger partial charge in [-0.3, -0.25) is 9.78 Å². The Morgan fingerprint density at radius 3 is 3.16 bits per heavy atom. The fourth-order valence-corrected chi connectivity index (χ4v) is 2.67. The van der Waals surface area contributed by atoms with Crippen molar-refractivity contribution in [3.63, 3.8) is 0 Å². The highest BCUT2D eigenvalue weighted by Gasteiger charge is 2.24. The second kappa shape index (κ2) is 8.63. The molecule has 0 radical (unpaired) electrons. The van der Waals surface area contributed by atoms with E-state index in [1.54, 1.807) is 25.7 Å². The van der Waals surface area contributed by atoms with E-state index in [1.165, 1.54) is 0 Å². The molecule has 0 aromatic carbocycles. The number of ether oxygens (including phenoxy) is 2.